The number of aromatic amines is 1. The van der Waals surface area contributed by atoms with Gasteiger partial charge in [0.05, 0.1) is 5.69 Å². The molecular weight excluding hydrogens is 472 g/mol. The van der Waals surface area contributed by atoms with Gasteiger partial charge in [0.15, 0.2) is 5.69 Å². The molecule has 2 aromatic heterocycles. The van der Waals surface area contributed by atoms with Gasteiger partial charge in [-0.2, -0.15) is 4.98 Å². The van der Waals surface area contributed by atoms with Crippen molar-refractivity contribution in [3.05, 3.63) is 112 Å². The van der Waals surface area contributed by atoms with Crippen LogP contribution in [0.4, 0.5) is 5.69 Å². The molecular formula is C27H22N6O2S. The fourth-order valence-electron chi connectivity index (χ4n) is 4.19. The molecule has 0 radical (unpaired) electrons. The number of hydrogen-bond donors (Lipinski definition) is 2. The lowest BCUT2D eigenvalue weighted by Crippen LogP contribution is -2.26. The number of ether oxygens (including phenoxy) is 1. The molecule has 6 rings (SSSR count). The average Bonchev–Trinajstić information content (AvgIpc) is 3.12. The Morgan fingerprint density at radius 3 is 2.47 bits per heavy atom. The maximum absolute atomic E-state index is 13.5. The van der Waals surface area contributed by atoms with E-state index in [2.05, 4.69) is 32.7 Å². The molecule has 9 heteroatoms. The van der Waals surface area contributed by atoms with Crippen LogP contribution in [0.15, 0.2) is 94.9 Å². The summed E-state index contributed by atoms with van der Waals surface area (Å²) in [6.45, 7) is 1.86. The van der Waals surface area contributed by atoms with E-state index in [1.165, 1.54) is 16.4 Å². The molecule has 0 spiro atoms. The quantitative estimate of drug-likeness (QED) is 0.327. The van der Waals surface area contributed by atoms with Gasteiger partial charge in [-0.25, -0.2) is 4.68 Å². The minimum Gasteiger partial charge on any atom is -0.447 e. The highest BCUT2D eigenvalue weighted by atomic mass is 32.2. The second-order valence-corrected chi connectivity index (χ2v) is 9.28. The van der Waals surface area contributed by atoms with Crippen molar-refractivity contribution in [2.24, 2.45) is 0 Å². The molecule has 0 saturated carbocycles. The van der Waals surface area contributed by atoms with Crippen molar-refractivity contribution in [3.63, 3.8) is 0 Å². The number of rotatable bonds is 5. The number of hydrogen-bond acceptors (Lipinski definition) is 7. The standard InChI is InChI=1S/C27H22N6O2S/c1-17-22(26(34)33(32-17)19-12-6-3-7-13-19)24-28-21-15-9-8-14-20(21)23-25(35-24)29-27(31-30-23)36-16-18-10-4-2-5-11-18/h2-15,24,28,32H,16H2,1H3. The van der Waals surface area contributed by atoms with E-state index in [1.807, 2.05) is 79.7 Å². The smallest absolute Gasteiger partial charge is 0.280 e. The average molecular weight is 495 g/mol. The lowest BCUT2D eigenvalue weighted by Gasteiger charge is -2.18. The first-order valence-corrected chi connectivity index (χ1v) is 12.5. The summed E-state index contributed by atoms with van der Waals surface area (Å²) < 4.78 is 7.88. The third-order valence-electron chi connectivity index (χ3n) is 5.94. The van der Waals surface area contributed by atoms with E-state index in [0.29, 0.717) is 33.7 Å². The Hall–Kier alpha value is -4.37. The Kier molecular flexibility index (Phi) is 5.74. The zero-order valence-corrected chi connectivity index (χ0v) is 20.2. The summed E-state index contributed by atoms with van der Waals surface area (Å²) in [5.74, 6) is 1.03. The number of para-hydroxylation sites is 2. The first-order valence-electron chi connectivity index (χ1n) is 11.5. The number of aromatic nitrogens is 5. The monoisotopic (exact) mass is 494 g/mol. The Balaban J connectivity index is 1.39. The van der Waals surface area contributed by atoms with Crippen molar-refractivity contribution >= 4 is 17.4 Å². The van der Waals surface area contributed by atoms with E-state index >= 15 is 0 Å². The van der Waals surface area contributed by atoms with Gasteiger partial charge in [-0.3, -0.25) is 9.89 Å². The molecule has 0 aliphatic carbocycles. The summed E-state index contributed by atoms with van der Waals surface area (Å²) in [5, 5.41) is 15.9. The topological polar surface area (TPSA) is 97.7 Å². The fraction of sp³-hybridized carbons (Fsp3) is 0.111. The van der Waals surface area contributed by atoms with Crippen LogP contribution in [0.25, 0.3) is 16.9 Å². The first kappa shape index (κ1) is 22.1. The normalized spacial score (nSPS) is 14.2. The van der Waals surface area contributed by atoms with Gasteiger partial charge in [0.2, 0.25) is 17.3 Å². The lowest BCUT2D eigenvalue weighted by atomic mass is 10.1. The van der Waals surface area contributed by atoms with Crippen molar-refractivity contribution in [1.82, 2.24) is 25.0 Å². The molecule has 0 saturated heterocycles. The van der Waals surface area contributed by atoms with Gasteiger partial charge in [-0.15, -0.1) is 10.2 Å². The number of nitrogens with one attached hydrogen (secondary N) is 2. The van der Waals surface area contributed by atoms with E-state index in [-0.39, 0.29) is 5.56 Å². The first-order chi connectivity index (χ1) is 17.7. The van der Waals surface area contributed by atoms with E-state index in [1.54, 1.807) is 0 Å². The summed E-state index contributed by atoms with van der Waals surface area (Å²) in [7, 11) is 0. The van der Waals surface area contributed by atoms with Crippen LogP contribution in [0.5, 0.6) is 5.88 Å². The Morgan fingerprint density at radius 2 is 1.67 bits per heavy atom. The van der Waals surface area contributed by atoms with Gasteiger partial charge in [-0.1, -0.05) is 78.5 Å². The van der Waals surface area contributed by atoms with Crippen LogP contribution >= 0.6 is 11.8 Å². The van der Waals surface area contributed by atoms with E-state index in [9.17, 15) is 4.79 Å². The molecule has 0 bridgehead atoms. The van der Waals surface area contributed by atoms with Gasteiger partial charge in [-0.05, 0) is 30.7 Å². The van der Waals surface area contributed by atoms with E-state index < -0.39 is 6.23 Å². The molecule has 1 unspecified atom stereocenters. The molecule has 3 heterocycles. The summed E-state index contributed by atoms with van der Waals surface area (Å²) in [5.41, 5.74) is 5.01. The molecule has 0 amide bonds. The predicted molar refractivity (Wildman–Crippen MR) is 139 cm³/mol. The molecule has 8 nitrogen and oxygen atoms in total. The van der Waals surface area contributed by atoms with Crippen molar-refractivity contribution in [2.45, 2.75) is 24.1 Å². The third kappa shape index (κ3) is 4.14. The van der Waals surface area contributed by atoms with Crippen LogP contribution in [0.1, 0.15) is 23.0 Å². The van der Waals surface area contributed by atoms with Crippen LogP contribution in [0, 0.1) is 6.92 Å². The van der Waals surface area contributed by atoms with Crippen molar-refractivity contribution in [2.75, 3.05) is 5.32 Å². The predicted octanol–water partition coefficient (Wildman–Crippen LogP) is 5.12. The molecule has 5 aromatic rings. The molecule has 1 atom stereocenters. The number of anilines is 1. The van der Waals surface area contributed by atoms with E-state index in [4.69, 9.17) is 9.72 Å². The molecule has 0 fully saturated rings. The number of thioether (sulfide) groups is 1. The number of benzene rings is 3. The second kappa shape index (κ2) is 9.35. The van der Waals surface area contributed by atoms with Gasteiger partial charge in [0.1, 0.15) is 5.56 Å². The van der Waals surface area contributed by atoms with Gasteiger partial charge >= 0.3 is 0 Å². The largest absolute Gasteiger partial charge is 0.447 e. The molecule has 2 N–H and O–H groups in total. The number of aryl methyl sites for hydroxylation is 1. The minimum absolute atomic E-state index is 0.196. The highest BCUT2D eigenvalue weighted by Crippen LogP contribution is 2.39. The summed E-state index contributed by atoms with van der Waals surface area (Å²) >= 11 is 1.48. The van der Waals surface area contributed by atoms with Crippen molar-refractivity contribution < 1.29 is 4.74 Å². The number of fused-ring (bicyclic) bond motifs is 3. The zero-order valence-electron chi connectivity index (χ0n) is 19.4. The summed E-state index contributed by atoms with van der Waals surface area (Å²) in [6, 6.07) is 27.3. The highest BCUT2D eigenvalue weighted by Gasteiger charge is 2.30. The van der Waals surface area contributed by atoms with E-state index in [0.717, 1.165) is 22.5 Å². The van der Waals surface area contributed by atoms with Crippen molar-refractivity contribution in [3.8, 4) is 22.8 Å². The van der Waals surface area contributed by atoms with Gasteiger partial charge in [0.25, 0.3) is 5.56 Å². The van der Waals surface area contributed by atoms with Crippen LogP contribution < -0.4 is 15.6 Å². The van der Waals surface area contributed by atoms with Gasteiger partial charge in [0, 0.05) is 22.7 Å². The maximum atomic E-state index is 13.5. The van der Waals surface area contributed by atoms with Crippen LogP contribution in [0.2, 0.25) is 0 Å². The minimum atomic E-state index is -0.773. The summed E-state index contributed by atoms with van der Waals surface area (Å²) in [4.78, 5) is 18.2. The Morgan fingerprint density at radius 1 is 0.944 bits per heavy atom. The molecule has 36 heavy (non-hydrogen) atoms. The van der Waals surface area contributed by atoms with Crippen LogP contribution in [-0.2, 0) is 5.75 Å². The van der Waals surface area contributed by atoms with Crippen LogP contribution in [-0.4, -0.2) is 25.0 Å². The Labute approximate surface area is 211 Å². The van der Waals surface area contributed by atoms with Crippen LogP contribution in [0.3, 0.4) is 0 Å². The van der Waals surface area contributed by atoms with Crippen molar-refractivity contribution in [1.29, 1.82) is 0 Å². The molecule has 1 aliphatic rings. The fourth-order valence-corrected chi connectivity index (χ4v) is 4.92. The number of H-pyrrole nitrogens is 1. The Bertz CT molecular complexity index is 1580. The highest BCUT2D eigenvalue weighted by molar-refractivity contribution is 7.98. The number of nitrogens with zero attached hydrogens (tertiary/aromatic N) is 4. The van der Waals surface area contributed by atoms with Gasteiger partial charge < -0.3 is 10.1 Å². The molecule has 3 aromatic carbocycles. The summed E-state index contributed by atoms with van der Waals surface area (Å²) in [6.07, 6.45) is -0.773. The third-order valence-corrected chi connectivity index (χ3v) is 6.85. The molecule has 178 valence electrons. The lowest BCUT2D eigenvalue weighted by molar-refractivity contribution is 0.223. The zero-order chi connectivity index (χ0) is 24.5. The maximum Gasteiger partial charge on any atom is 0.280 e. The molecule has 1 aliphatic heterocycles. The SMILES string of the molecule is Cc1[nH]n(-c2ccccc2)c(=O)c1C1Nc2ccccc2-c2nnc(SCc3ccccc3)nc2O1. The second-order valence-electron chi connectivity index (χ2n) is 8.34.